The van der Waals surface area contributed by atoms with Gasteiger partial charge < -0.3 is 15.6 Å². The van der Waals surface area contributed by atoms with Crippen LogP contribution in [-0.4, -0.2) is 34.7 Å². The number of hydrogen-bond acceptors (Lipinski definition) is 6. The van der Waals surface area contributed by atoms with E-state index in [1.165, 1.54) is 6.33 Å². The highest BCUT2D eigenvalue weighted by molar-refractivity contribution is 5.96. The zero-order valence-corrected chi connectivity index (χ0v) is 8.77. The highest BCUT2D eigenvalue weighted by atomic mass is 16.5. The van der Waals surface area contributed by atoms with Crippen LogP contribution in [0.5, 0.6) is 0 Å². The van der Waals surface area contributed by atoms with E-state index < -0.39 is 18.0 Å². The number of carbonyl (C=O) groups excluding carboxylic acids is 2. The van der Waals surface area contributed by atoms with Crippen molar-refractivity contribution in [2.45, 2.75) is 19.4 Å². The Morgan fingerprint density at radius 3 is 2.94 bits per heavy atom. The van der Waals surface area contributed by atoms with Crippen LogP contribution in [0.3, 0.4) is 0 Å². The summed E-state index contributed by atoms with van der Waals surface area (Å²) in [6.07, 6.45) is 1.81. The maximum Gasteiger partial charge on any atom is 0.318 e. The average molecular weight is 227 g/mol. The van der Waals surface area contributed by atoms with Crippen LogP contribution in [0.2, 0.25) is 0 Å². The number of rotatable bonds is 5. The Morgan fingerprint density at radius 2 is 2.38 bits per heavy atom. The quantitative estimate of drug-likeness (QED) is 0.579. The number of hydrogen-bond donors (Lipinski definition) is 3. The summed E-state index contributed by atoms with van der Waals surface area (Å²) in [6, 6.07) is -1.38. The molecular weight excluding hydrogens is 214 g/mol. The normalized spacial score (nSPS) is 12.1. The first-order chi connectivity index (χ1) is 7.59. The predicted octanol–water partition coefficient (Wildman–Crippen LogP) is -1.21. The maximum absolute atomic E-state index is 11.2. The Bertz CT molecular complexity index is 351. The van der Waals surface area contributed by atoms with Gasteiger partial charge >= 0.3 is 6.03 Å². The smallest absolute Gasteiger partial charge is 0.318 e. The fraction of sp³-hybridized carbons (Fsp3) is 0.500. The number of carbonyl (C=O) groups is 2. The second kappa shape index (κ2) is 5.81. The first-order valence-electron chi connectivity index (χ1n) is 4.69. The van der Waals surface area contributed by atoms with Gasteiger partial charge in [-0.2, -0.15) is 4.98 Å². The number of nitrogens with zero attached hydrogens (tertiary/aromatic N) is 2. The van der Waals surface area contributed by atoms with Gasteiger partial charge in [-0.15, -0.1) is 0 Å². The third kappa shape index (κ3) is 4.05. The molecule has 0 spiro atoms. The molecule has 0 aliphatic rings. The van der Waals surface area contributed by atoms with Gasteiger partial charge in [-0.25, -0.2) is 4.79 Å². The molecule has 3 amide bonds. The van der Waals surface area contributed by atoms with Crippen molar-refractivity contribution in [2.75, 3.05) is 6.54 Å². The summed E-state index contributed by atoms with van der Waals surface area (Å²) < 4.78 is 4.76. The van der Waals surface area contributed by atoms with Crippen molar-refractivity contribution < 1.29 is 14.1 Å². The Morgan fingerprint density at radius 1 is 1.62 bits per heavy atom. The molecule has 88 valence electrons. The molecule has 0 saturated carbocycles. The van der Waals surface area contributed by atoms with E-state index >= 15 is 0 Å². The standard InChI is InChI=1S/C8H13N5O3/c1-5(7(14)13-8(9)15)10-3-2-6-11-4-12-16-6/h4-5,10H,2-3H2,1H3,(H3,9,13,14,15). The van der Waals surface area contributed by atoms with Gasteiger partial charge in [0.2, 0.25) is 11.8 Å². The van der Waals surface area contributed by atoms with Crippen molar-refractivity contribution in [1.82, 2.24) is 20.8 Å². The van der Waals surface area contributed by atoms with Crippen LogP contribution in [0.1, 0.15) is 12.8 Å². The minimum atomic E-state index is -0.865. The van der Waals surface area contributed by atoms with E-state index in [-0.39, 0.29) is 0 Å². The monoisotopic (exact) mass is 227 g/mol. The van der Waals surface area contributed by atoms with Crippen molar-refractivity contribution in [2.24, 2.45) is 5.73 Å². The van der Waals surface area contributed by atoms with Crippen LogP contribution in [0, 0.1) is 0 Å². The van der Waals surface area contributed by atoms with E-state index in [0.717, 1.165) is 0 Å². The van der Waals surface area contributed by atoms with Gasteiger partial charge in [0.05, 0.1) is 6.04 Å². The number of primary amides is 1. The fourth-order valence-corrected chi connectivity index (χ4v) is 1.02. The molecule has 1 aromatic rings. The lowest BCUT2D eigenvalue weighted by atomic mass is 10.3. The van der Waals surface area contributed by atoms with Crippen molar-refractivity contribution in [3.05, 3.63) is 12.2 Å². The van der Waals surface area contributed by atoms with Crippen LogP contribution in [0.4, 0.5) is 4.79 Å². The van der Waals surface area contributed by atoms with Crippen LogP contribution >= 0.6 is 0 Å². The molecule has 0 bridgehead atoms. The lowest BCUT2D eigenvalue weighted by molar-refractivity contribution is -0.121. The Balaban J connectivity index is 2.22. The molecule has 1 unspecified atom stereocenters. The second-order valence-electron chi connectivity index (χ2n) is 3.11. The van der Waals surface area contributed by atoms with Gasteiger partial charge in [-0.1, -0.05) is 5.16 Å². The van der Waals surface area contributed by atoms with Gasteiger partial charge in [0.1, 0.15) is 0 Å². The van der Waals surface area contributed by atoms with E-state index in [0.29, 0.717) is 18.9 Å². The number of nitrogens with one attached hydrogen (secondary N) is 2. The van der Waals surface area contributed by atoms with E-state index in [1.807, 2.05) is 5.32 Å². The van der Waals surface area contributed by atoms with Crippen molar-refractivity contribution in [1.29, 1.82) is 0 Å². The maximum atomic E-state index is 11.2. The summed E-state index contributed by atoms with van der Waals surface area (Å²) >= 11 is 0. The summed E-state index contributed by atoms with van der Waals surface area (Å²) in [7, 11) is 0. The number of imide groups is 1. The molecule has 8 nitrogen and oxygen atoms in total. The predicted molar refractivity (Wildman–Crippen MR) is 53.2 cm³/mol. The highest BCUT2D eigenvalue weighted by Gasteiger charge is 2.13. The number of urea groups is 1. The highest BCUT2D eigenvalue weighted by Crippen LogP contribution is 1.91. The van der Waals surface area contributed by atoms with Gasteiger partial charge in [0.25, 0.3) is 0 Å². The molecule has 1 heterocycles. The third-order valence-electron chi connectivity index (χ3n) is 1.84. The summed E-state index contributed by atoms with van der Waals surface area (Å²) in [4.78, 5) is 25.4. The van der Waals surface area contributed by atoms with Gasteiger partial charge in [-0.3, -0.25) is 10.1 Å². The largest absolute Gasteiger partial charge is 0.351 e. The van der Waals surface area contributed by atoms with Crippen LogP contribution in [-0.2, 0) is 11.2 Å². The minimum Gasteiger partial charge on any atom is -0.351 e. The summed E-state index contributed by atoms with van der Waals surface area (Å²) in [6.45, 7) is 2.10. The number of amides is 3. The average Bonchev–Trinajstić information content (AvgIpc) is 2.69. The lowest BCUT2D eigenvalue weighted by Gasteiger charge is -2.11. The molecule has 0 aromatic carbocycles. The van der Waals surface area contributed by atoms with Crippen LogP contribution in [0.25, 0.3) is 0 Å². The van der Waals surface area contributed by atoms with Crippen molar-refractivity contribution >= 4 is 11.9 Å². The zero-order valence-electron chi connectivity index (χ0n) is 8.77. The van der Waals surface area contributed by atoms with Crippen LogP contribution < -0.4 is 16.4 Å². The molecule has 1 rings (SSSR count). The van der Waals surface area contributed by atoms with Crippen molar-refractivity contribution in [3.8, 4) is 0 Å². The Kier molecular flexibility index (Phi) is 4.40. The molecule has 4 N–H and O–H groups in total. The molecule has 0 radical (unpaired) electrons. The molecule has 1 atom stereocenters. The van der Waals surface area contributed by atoms with Gasteiger partial charge in [0, 0.05) is 13.0 Å². The summed E-state index contributed by atoms with van der Waals surface area (Å²) in [5, 5.41) is 8.29. The third-order valence-corrected chi connectivity index (χ3v) is 1.84. The van der Waals surface area contributed by atoms with E-state index in [4.69, 9.17) is 10.3 Å². The first kappa shape index (κ1) is 12.1. The fourth-order valence-electron chi connectivity index (χ4n) is 1.02. The first-order valence-corrected chi connectivity index (χ1v) is 4.69. The number of nitrogens with two attached hydrogens (primary N) is 1. The van der Waals surface area contributed by atoms with Gasteiger partial charge in [0.15, 0.2) is 6.33 Å². The number of aromatic nitrogens is 2. The Hall–Kier alpha value is -1.96. The van der Waals surface area contributed by atoms with Gasteiger partial charge in [-0.05, 0) is 6.92 Å². The minimum absolute atomic E-state index is 0.474. The molecule has 1 aromatic heterocycles. The Labute approximate surface area is 91.6 Å². The molecule has 0 aliphatic heterocycles. The molecule has 8 heteroatoms. The second-order valence-corrected chi connectivity index (χ2v) is 3.11. The topological polar surface area (TPSA) is 123 Å². The van der Waals surface area contributed by atoms with E-state index in [2.05, 4.69) is 15.5 Å². The molecule has 0 saturated heterocycles. The molecular formula is C8H13N5O3. The van der Waals surface area contributed by atoms with Crippen LogP contribution in [0.15, 0.2) is 10.9 Å². The van der Waals surface area contributed by atoms with E-state index in [9.17, 15) is 9.59 Å². The summed E-state index contributed by atoms with van der Waals surface area (Å²) in [5.41, 5.74) is 4.81. The molecule has 0 aliphatic carbocycles. The van der Waals surface area contributed by atoms with E-state index in [1.54, 1.807) is 6.92 Å². The molecule has 0 fully saturated rings. The lowest BCUT2D eigenvalue weighted by Crippen LogP contribution is -2.46. The zero-order chi connectivity index (χ0) is 12.0. The molecule has 16 heavy (non-hydrogen) atoms. The SMILES string of the molecule is CC(NCCc1ncno1)C(=O)NC(N)=O. The van der Waals surface area contributed by atoms with Crippen molar-refractivity contribution in [3.63, 3.8) is 0 Å². The summed E-state index contributed by atoms with van der Waals surface area (Å²) in [5.74, 6) is 0.00744.